The number of amides is 6. The molecule has 3 aliphatic heterocycles. The van der Waals surface area contributed by atoms with Crippen molar-refractivity contribution in [1.29, 1.82) is 0 Å². The summed E-state index contributed by atoms with van der Waals surface area (Å²) in [5.74, 6) is 4.17. The molecule has 0 bridgehead atoms. The zero-order chi connectivity index (χ0) is 89.1. The Labute approximate surface area is 756 Å². The molecule has 8 heterocycles. The topological polar surface area (TPSA) is 343 Å². The molecule has 0 saturated heterocycles. The SMILES string of the molecule is C.CB(O)N[C@H]1CCCC[C@H]1N.COc1cc(OC)c(Cl)c(N2Cc3cnc(Cl)nc3N(Cc3ccccc3)C2=O)c1.COc1cc(OC)c(Cl)c(N2Cc3cnc(Cl)nc3N(Cc3ccccc3)C2=O)c1Cl.COc1cc(OC)c(Cl)c(N2Cc3cnc(Cn4nnc5ccccc54)nc3N(Cc3ccccc3)C2=O)c1Cl.On1nnc2ccccc21.[2H]CF. The van der Waals surface area contributed by atoms with Gasteiger partial charge in [0, 0.05) is 71.6 Å². The molecule has 0 unspecified atom stereocenters. The molecule has 2 atom stereocenters. The number of nitrogens with zero attached hydrogens (tertiary/aromatic N) is 18. The Hall–Kier alpha value is -11.9. The maximum absolute atomic E-state index is 14.2. The van der Waals surface area contributed by atoms with Crippen LogP contribution in [-0.4, -0.2) is 157 Å². The molecule has 17 rings (SSSR count). The number of nitrogens with two attached hydrogens (primary N) is 1. The largest absolute Gasteiger partial charge is 0.497 e. The fraction of sp³-hybridized carbons (Fsp3) is 0.259. The standard InChI is InChI=1S/C28H23Cl2N7O3.C21H17Cl3N4O3.C21H18Cl2N4O3.C7H17BN2O.C6H5N3O.CH3F.CH4/c1-39-21-12-22(40-2)25(30)26(24(21)29)35-15-18-13-31-23(16-37-20-11-7-6-10-19(20)33-34-37)32-27(18)36(28(35)38)14-17-8-4-3-5-9-17;1-30-14-8-15(31-2)17(23)18(16(14)22)27-11-13-9-25-20(24)26-19(13)28(21(27)29)10-12-6-4-3-5-7-12;1-29-15-8-16(18(22)17(9-15)30-2)26-12-14-10-24-20(23)25-19(14)27(21(26)28)11-13-6-4-3-5-7-13;1-8(11)10-7-5-3-2-4-6(7)9;10-9-6-4-2-1-3-5(6)7-8-9;1-2;/h3-13H,14-16H2,1-2H3;3-9H,10-11H2,1-2H3;3-10H,11-12H2,1-2H3;6-7,10-11H,2-5,9H2,1H3;1-4,10H;1H3;1H4/t;;;6-,7+;;;/m...1.../s1/i;;;;;1D;. The fourth-order valence-corrected chi connectivity index (χ4v) is 15.9. The van der Waals surface area contributed by atoms with E-state index in [1.54, 1.807) is 81.2 Å². The highest BCUT2D eigenvalue weighted by atomic mass is 35.5. The molecule has 8 aromatic carbocycles. The molecule has 1 aliphatic carbocycles. The van der Waals surface area contributed by atoms with Gasteiger partial charge in [-0.2, -0.15) is 9.97 Å². The van der Waals surface area contributed by atoms with E-state index in [0.29, 0.717) is 97.7 Å². The quantitative estimate of drug-likeness (QED) is 0.0332. The van der Waals surface area contributed by atoms with Gasteiger partial charge in [0.25, 0.3) is 0 Å². The number of aromatic nitrogens is 12. The monoisotopic (exact) mass is 1840 g/mol. The molecule has 652 valence electrons. The van der Waals surface area contributed by atoms with Gasteiger partial charge >= 0.3 is 25.1 Å². The summed E-state index contributed by atoms with van der Waals surface area (Å²) in [6.45, 7) is 3.39. The van der Waals surface area contributed by atoms with E-state index in [0.717, 1.165) is 56.5 Å². The first kappa shape index (κ1) is 92.3. The Kier molecular flexibility index (Phi) is 32.2. The number of para-hydroxylation sites is 2. The first-order valence-corrected chi connectivity index (χ1v) is 40.8. The number of hydrogen-bond acceptors (Lipinski definition) is 23. The number of fused-ring (bicyclic) bond motifs is 5. The van der Waals surface area contributed by atoms with Gasteiger partial charge in [-0.15, -0.1) is 10.2 Å². The third kappa shape index (κ3) is 21.7. The van der Waals surface area contributed by atoms with Crippen LogP contribution in [0.5, 0.6) is 34.5 Å². The Balaban J connectivity index is 0.000000162. The van der Waals surface area contributed by atoms with Crippen molar-refractivity contribution in [2.75, 3.05) is 79.2 Å². The minimum atomic E-state index is -1.00. The summed E-state index contributed by atoms with van der Waals surface area (Å²) in [7, 11) is 7.55. The number of hydrogen-bond donors (Lipinski definition) is 4. The molecular weight excluding hydrogens is 1760 g/mol. The average Bonchev–Trinajstić information content (AvgIpc) is 1.16. The molecule has 4 aliphatic rings. The smallest absolute Gasteiger partial charge is 0.373 e. The summed E-state index contributed by atoms with van der Waals surface area (Å²) in [4.78, 5) is 77.5. The summed E-state index contributed by atoms with van der Waals surface area (Å²) in [5.41, 5.74) is 14.8. The van der Waals surface area contributed by atoms with Crippen LogP contribution in [0.15, 0.2) is 182 Å². The van der Waals surface area contributed by atoms with Crippen LogP contribution < -0.4 is 68.8 Å². The van der Waals surface area contributed by atoms with Crippen molar-refractivity contribution < 1.29 is 58.8 Å². The Morgan fingerprint density at radius 1 is 0.496 bits per heavy atom. The van der Waals surface area contributed by atoms with Crippen LogP contribution in [0.3, 0.4) is 0 Å². The number of carbonyl (C=O) groups excluding carboxylic acids is 3. The second-order valence-electron chi connectivity index (χ2n) is 27.7. The minimum absolute atomic E-state index is 0. The second-order valence-corrected chi connectivity index (χ2v) is 30.3. The zero-order valence-corrected chi connectivity index (χ0v) is 73.0. The van der Waals surface area contributed by atoms with Gasteiger partial charge < -0.3 is 49.6 Å². The number of ether oxygens (including phenoxy) is 6. The van der Waals surface area contributed by atoms with E-state index in [9.17, 15) is 18.8 Å². The highest BCUT2D eigenvalue weighted by molar-refractivity contribution is 6.45. The summed E-state index contributed by atoms with van der Waals surface area (Å²) in [6.07, 6.45) is 9.58. The normalized spacial score (nSPS) is 14.4. The van der Waals surface area contributed by atoms with Gasteiger partial charge in [0.1, 0.15) is 100 Å². The lowest BCUT2D eigenvalue weighted by atomic mass is 9.82. The van der Waals surface area contributed by atoms with Gasteiger partial charge in [-0.05, 0) is 89.0 Å². The molecule has 40 heteroatoms. The molecule has 5 N–H and O–H groups in total. The van der Waals surface area contributed by atoms with Crippen molar-refractivity contribution in [2.45, 2.75) is 97.8 Å². The van der Waals surface area contributed by atoms with Crippen LogP contribution in [0.1, 0.15) is 73.7 Å². The van der Waals surface area contributed by atoms with E-state index in [1.807, 2.05) is 127 Å². The molecule has 125 heavy (non-hydrogen) atoms. The Morgan fingerprint density at radius 2 is 0.880 bits per heavy atom. The van der Waals surface area contributed by atoms with Crippen LogP contribution in [-0.2, 0) is 45.8 Å². The van der Waals surface area contributed by atoms with Gasteiger partial charge in [-0.25, -0.2) is 39.0 Å². The highest BCUT2D eigenvalue weighted by Gasteiger charge is 2.40. The predicted octanol–water partition coefficient (Wildman–Crippen LogP) is 18.1. The maximum atomic E-state index is 14.2. The molecular formula is C85H87BCl7FN20O11. The number of benzene rings is 8. The van der Waals surface area contributed by atoms with Crippen molar-refractivity contribution in [2.24, 2.45) is 5.73 Å². The average molecular weight is 1840 g/mol. The van der Waals surface area contributed by atoms with Crippen LogP contribution in [0.4, 0.5) is 53.3 Å². The van der Waals surface area contributed by atoms with Gasteiger partial charge in [0.15, 0.2) is 5.82 Å². The van der Waals surface area contributed by atoms with Gasteiger partial charge in [0.2, 0.25) is 10.6 Å². The van der Waals surface area contributed by atoms with E-state index < -0.39 is 14.2 Å². The Morgan fingerprint density at radius 3 is 1.31 bits per heavy atom. The van der Waals surface area contributed by atoms with E-state index in [1.165, 1.54) is 70.2 Å². The van der Waals surface area contributed by atoms with Gasteiger partial charge in [-0.3, -0.25) is 33.8 Å². The first-order chi connectivity index (χ1) is 60.4. The zero-order valence-electron chi connectivity index (χ0n) is 68.8. The van der Waals surface area contributed by atoms with Crippen LogP contribution in [0.2, 0.25) is 42.5 Å². The van der Waals surface area contributed by atoms with E-state index in [-0.39, 0.29) is 113 Å². The number of methoxy groups -OCH3 is 6. The summed E-state index contributed by atoms with van der Waals surface area (Å²) in [6, 6.07) is 49.8. The van der Waals surface area contributed by atoms with Crippen molar-refractivity contribution in [3.8, 4) is 34.5 Å². The number of halogens is 8. The Bertz CT molecular complexity index is 5890. The van der Waals surface area contributed by atoms with E-state index in [4.69, 9.17) is 132 Å². The van der Waals surface area contributed by atoms with Crippen LogP contribution in [0, 0.1) is 0 Å². The van der Waals surface area contributed by atoms with Crippen molar-refractivity contribution in [1.82, 2.24) is 65.3 Å². The second kappa shape index (κ2) is 43.6. The summed E-state index contributed by atoms with van der Waals surface area (Å²) < 4.78 is 49.5. The predicted molar refractivity (Wildman–Crippen MR) is 485 cm³/mol. The minimum Gasteiger partial charge on any atom is -0.497 e. The number of carbonyl (C=O) groups is 3. The lowest BCUT2D eigenvalue weighted by molar-refractivity contribution is 0.154. The molecule has 13 aromatic rings. The molecule has 5 aromatic heterocycles. The molecule has 0 radical (unpaired) electrons. The number of nitrogens with one attached hydrogen (secondary N) is 1. The number of alkyl halides is 1. The highest BCUT2D eigenvalue weighted by Crippen LogP contribution is 2.51. The van der Waals surface area contributed by atoms with Gasteiger partial charge in [-0.1, -0.05) is 204 Å². The van der Waals surface area contributed by atoms with Crippen molar-refractivity contribution in [3.63, 3.8) is 0 Å². The van der Waals surface area contributed by atoms with Crippen LogP contribution in [0.25, 0.3) is 22.1 Å². The summed E-state index contributed by atoms with van der Waals surface area (Å²) >= 11 is 45.2. The number of rotatable bonds is 19. The third-order valence-electron chi connectivity index (χ3n) is 19.9. The van der Waals surface area contributed by atoms with Crippen LogP contribution >= 0.6 is 81.2 Å². The first-order valence-electron chi connectivity index (χ1n) is 38.8. The van der Waals surface area contributed by atoms with Crippen molar-refractivity contribution in [3.05, 3.63) is 257 Å². The van der Waals surface area contributed by atoms with Crippen molar-refractivity contribution >= 4 is 163 Å². The number of urea groups is 3. The molecule has 31 nitrogen and oxygen atoms in total. The molecule has 1 saturated carbocycles. The van der Waals surface area contributed by atoms with E-state index >= 15 is 0 Å². The molecule has 6 amide bonds. The molecule has 1 fully saturated rings. The fourth-order valence-electron chi connectivity index (χ4n) is 13.9. The number of anilines is 6. The van der Waals surface area contributed by atoms with E-state index in [2.05, 4.69) is 50.8 Å². The lowest BCUT2D eigenvalue weighted by Gasteiger charge is -2.37. The third-order valence-corrected chi connectivity index (χ3v) is 22.1. The molecule has 0 spiro atoms. The summed E-state index contributed by atoms with van der Waals surface area (Å²) in [5, 5.41) is 37.9. The maximum Gasteiger partial charge on any atom is 0.373 e. The van der Waals surface area contributed by atoms with Gasteiger partial charge in [0.05, 0.1) is 113 Å². The lowest BCUT2D eigenvalue weighted by Crippen LogP contribution is -2.51.